The van der Waals surface area contributed by atoms with Gasteiger partial charge in [0, 0.05) is 0 Å². The fourth-order valence-corrected chi connectivity index (χ4v) is 3.52. The molecule has 2 aliphatic rings. The van der Waals surface area contributed by atoms with Gasteiger partial charge in [-0.1, -0.05) is 28.9 Å². The van der Waals surface area contributed by atoms with E-state index in [-0.39, 0.29) is 11.5 Å². The summed E-state index contributed by atoms with van der Waals surface area (Å²) in [6, 6.07) is 10.4. The first kappa shape index (κ1) is 14.8. The number of oxime groups is 1. The molecule has 1 aromatic carbocycles. The number of ketones is 1. The summed E-state index contributed by atoms with van der Waals surface area (Å²) in [7, 11) is 0. The predicted molar refractivity (Wildman–Crippen MR) is 88.1 cm³/mol. The Labute approximate surface area is 141 Å². The second-order valence-corrected chi connectivity index (χ2v) is 6.58. The Morgan fingerprint density at radius 3 is 2.58 bits per heavy atom. The normalized spacial score (nSPS) is 22.4. The quantitative estimate of drug-likeness (QED) is 0.634. The van der Waals surface area contributed by atoms with E-state index in [4.69, 9.17) is 4.84 Å². The van der Waals surface area contributed by atoms with E-state index in [1.807, 2.05) is 19.1 Å². The SMILES string of the molecule is Cc1ccc(N2C(=O)[C@H]3C(C(=O)c4cccs4)=NO[C@H]3C2=O)cc1. The minimum Gasteiger partial charge on any atom is -0.381 e. The van der Waals surface area contributed by atoms with Crippen LogP contribution in [0.2, 0.25) is 0 Å². The zero-order chi connectivity index (χ0) is 16.8. The third-order valence-electron chi connectivity index (χ3n) is 4.08. The van der Waals surface area contributed by atoms with Gasteiger partial charge in [-0.15, -0.1) is 11.3 Å². The number of aryl methyl sites for hydroxylation is 1. The Morgan fingerprint density at radius 1 is 1.17 bits per heavy atom. The molecule has 4 rings (SSSR count). The molecule has 1 saturated heterocycles. The summed E-state index contributed by atoms with van der Waals surface area (Å²) in [4.78, 5) is 44.5. The Morgan fingerprint density at radius 2 is 1.92 bits per heavy atom. The van der Waals surface area contributed by atoms with Crippen LogP contribution in [0, 0.1) is 12.8 Å². The molecule has 2 atom stereocenters. The highest BCUT2D eigenvalue weighted by atomic mass is 32.1. The molecule has 0 radical (unpaired) electrons. The summed E-state index contributed by atoms with van der Waals surface area (Å²) in [5, 5.41) is 5.49. The molecule has 6 nitrogen and oxygen atoms in total. The van der Waals surface area contributed by atoms with Crippen molar-refractivity contribution in [1.29, 1.82) is 0 Å². The third kappa shape index (κ3) is 2.09. The molecule has 2 aliphatic heterocycles. The standard InChI is InChI=1S/C17H12N2O4S/c1-9-4-6-10(7-5-9)19-16(21)12-13(18-23-15(12)17(19)22)14(20)11-3-2-8-24-11/h2-8,12,15H,1H3/t12-,15+/m0/s1. The number of nitrogens with zero attached hydrogens (tertiary/aromatic N) is 2. The number of amides is 2. The molecule has 0 aliphatic carbocycles. The van der Waals surface area contributed by atoms with E-state index in [1.54, 1.807) is 29.6 Å². The van der Waals surface area contributed by atoms with Gasteiger partial charge in [-0.25, -0.2) is 4.90 Å². The van der Waals surface area contributed by atoms with Crippen molar-refractivity contribution in [2.24, 2.45) is 11.1 Å². The van der Waals surface area contributed by atoms with Crippen LogP contribution in [0.1, 0.15) is 15.2 Å². The number of thiophene rings is 1. The van der Waals surface area contributed by atoms with Crippen molar-refractivity contribution >= 4 is 40.3 Å². The smallest absolute Gasteiger partial charge is 0.278 e. The Kier molecular flexibility index (Phi) is 3.31. The van der Waals surface area contributed by atoms with Gasteiger partial charge in [0.1, 0.15) is 11.6 Å². The molecule has 0 bridgehead atoms. The summed E-state index contributed by atoms with van der Waals surface area (Å²) < 4.78 is 0. The molecule has 0 spiro atoms. The van der Waals surface area contributed by atoms with Crippen molar-refractivity contribution in [2.45, 2.75) is 13.0 Å². The largest absolute Gasteiger partial charge is 0.381 e. The van der Waals surface area contributed by atoms with Crippen molar-refractivity contribution in [3.05, 3.63) is 52.2 Å². The van der Waals surface area contributed by atoms with Crippen LogP contribution in [-0.2, 0) is 14.4 Å². The van der Waals surface area contributed by atoms with Gasteiger partial charge in [-0.3, -0.25) is 14.4 Å². The first-order chi connectivity index (χ1) is 11.6. The van der Waals surface area contributed by atoms with Gasteiger partial charge in [0.25, 0.3) is 5.91 Å². The van der Waals surface area contributed by atoms with Crippen molar-refractivity contribution in [2.75, 3.05) is 4.90 Å². The van der Waals surface area contributed by atoms with E-state index in [0.717, 1.165) is 10.5 Å². The Bertz CT molecular complexity index is 871. The lowest BCUT2D eigenvalue weighted by atomic mass is 9.96. The van der Waals surface area contributed by atoms with Crippen molar-refractivity contribution in [1.82, 2.24) is 0 Å². The van der Waals surface area contributed by atoms with E-state index in [9.17, 15) is 14.4 Å². The number of carbonyl (C=O) groups excluding carboxylic acids is 3. The second kappa shape index (κ2) is 5.38. The molecule has 0 saturated carbocycles. The zero-order valence-corrected chi connectivity index (χ0v) is 13.4. The monoisotopic (exact) mass is 340 g/mol. The number of fused-ring (bicyclic) bond motifs is 1. The van der Waals surface area contributed by atoms with E-state index in [2.05, 4.69) is 5.16 Å². The van der Waals surface area contributed by atoms with Crippen LogP contribution in [0.5, 0.6) is 0 Å². The van der Waals surface area contributed by atoms with Crippen LogP contribution >= 0.6 is 11.3 Å². The number of carbonyl (C=O) groups is 3. The molecule has 1 aromatic heterocycles. The van der Waals surface area contributed by atoms with Crippen LogP contribution in [0.25, 0.3) is 0 Å². The molecular formula is C17H12N2O4S. The predicted octanol–water partition coefficient (Wildman–Crippen LogP) is 2.18. The molecule has 120 valence electrons. The lowest BCUT2D eigenvalue weighted by molar-refractivity contribution is -0.126. The second-order valence-electron chi connectivity index (χ2n) is 5.63. The lowest BCUT2D eigenvalue weighted by Gasteiger charge is -2.15. The van der Waals surface area contributed by atoms with Gasteiger partial charge in [0.15, 0.2) is 0 Å². The maximum Gasteiger partial charge on any atom is 0.278 e. The molecule has 2 amide bonds. The summed E-state index contributed by atoms with van der Waals surface area (Å²) >= 11 is 1.26. The fraction of sp³-hybridized carbons (Fsp3) is 0.176. The van der Waals surface area contributed by atoms with Crippen LogP contribution in [0.4, 0.5) is 5.69 Å². The van der Waals surface area contributed by atoms with Gasteiger partial charge in [-0.05, 0) is 30.5 Å². The Balaban J connectivity index is 1.67. The highest BCUT2D eigenvalue weighted by Gasteiger charge is 2.57. The average Bonchev–Trinajstić information content (AvgIpc) is 3.29. The third-order valence-corrected chi connectivity index (χ3v) is 4.95. The molecule has 0 unspecified atom stereocenters. The van der Waals surface area contributed by atoms with Crippen LogP contribution < -0.4 is 4.90 Å². The molecule has 7 heteroatoms. The number of hydrogen-bond acceptors (Lipinski definition) is 6. The van der Waals surface area contributed by atoms with E-state index in [0.29, 0.717) is 10.6 Å². The van der Waals surface area contributed by atoms with Crippen LogP contribution in [-0.4, -0.2) is 29.4 Å². The van der Waals surface area contributed by atoms with E-state index in [1.165, 1.54) is 11.3 Å². The summed E-state index contributed by atoms with van der Waals surface area (Å²) in [6.07, 6.45) is -1.06. The first-order valence-electron chi connectivity index (χ1n) is 7.34. The van der Waals surface area contributed by atoms with Crippen LogP contribution in [0.15, 0.2) is 46.9 Å². The molecule has 2 aromatic rings. The molecule has 0 N–H and O–H groups in total. The first-order valence-corrected chi connectivity index (χ1v) is 8.22. The van der Waals surface area contributed by atoms with Gasteiger partial charge in [-0.2, -0.15) is 0 Å². The number of benzene rings is 1. The minimum absolute atomic E-state index is 0.00425. The maximum absolute atomic E-state index is 12.8. The van der Waals surface area contributed by atoms with E-state index < -0.39 is 23.8 Å². The van der Waals surface area contributed by atoms with Crippen molar-refractivity contribution < 1.29 is 19.2 Å². The fourth-order valence-electron chi connectivity index (χ4n) is 2.85. The molecular weight excluding hydrogens is 328 g/mol. The lowest BCUT2D eigenvalue weighted by Crippen LogP contribution is -2.34. The summed E-state index contributed by atoms with van der Waals surface area (Å²) in [5.41, 5.74) is 1.48. The van der Waals surface area contributed by atoms with E-state index >= 15 is 0 Å². The summed E-state index contributed by atoms with van der Waals surface area (Å²) in [6.45, 7) is 1.92. The molecule has 3 heterocycles. The highest BCUT2D eigenvalue weighted by Crippen LogP contribution is 2.34. The minimum atomic E-state index is -1.06. The van der Waals surface area contributed by atoms with Gasteiger partial charge in [0.2, 0.25) is 17.8 Å². The summed E-state index contributed by atoms with van der Waals surface area (Å²) in [5.74, 6) is -2.32. The van der Waals surface area contributed by atoms with Gasteiger partial charge in [0.05, 0.1) is 10.6 Å². The Hall–Kier alpha value is -2.80. The number of Topliss-reactive ketones (excluding diaryl/α,β-unsaturated/α-hetero) is 1. The van der Waals surface area contributed by atoms with Crippen molar-refractivity contribution in [3.8, 4) is 0 Å². The van der Waals surface area contributed by atoms with Gasteiger partial charge >= 0.3 is 0 Å². The van der Waals surface area contributed by atoms with Crippen LogP contribution in [0.3, 0.4) is 0 Å². The number of rotatable bonds is 3. The van der Waals surface area contributed by atoms with Crippen molar-refractivity contribution in [3.63, 3.8) is 0 Å². The topological polar surface area (TPSA) is 76.0 Å². The molecule has 1 fully saturated rings. The molecule has 24 heavy (non-hydrogen) atoms. The number of imide groups is 1. The number of anilines is 1. The number of hydrogen-bond donors (Lipinski definition) is 0. The zero-order valence-electron chi connectivity index (χ0n) is 12.6. The average molecular weight is 340 g/mol. The maximum atomic E-state index is 12.8. The van der Waals surface area contributed by atoms with Gasteiger partial charge < -0.3 is 4.84 Å². The highest BCUT2D eigenvalue weighted by molar-refractivity contribution is 7.13.